The van der Waals surface area contributed by atoms with Crippen molar-refractivity contribution in [1.82, 2.24) is 14.5 Å². The summed E-state index contributed by atoms with van der Waals surface area (Å²) in [4.78, 5) is 10.2. The number of hydrogen-bond acceptors (Lipinski definition) is 2. The van der Waals surface area contributed by atoms with E-state index in [2.05, 4.69) is 71.3 Å². The van der Waals surface area contributed by atoms with Crippen LogP contribution in [-0.4, -0.2) is 14.5 Å². The summed E-state index contributed by atoms with van der Waals surface area (Å²) in [6.07, 6.45) is 0. The molecule has 0 bridgehead atoms. The molecular weight excluding hydrogens is 438 g/mol. The molecule has 5 aromatic carbocycles. The normalized spacial score (nSPS) is 11.7. The lowest BCUT2D eigenvalue weighted by molar-refractivity contribution is 1.01. The number of para-hydroxylation sites is 2. The predicted molar refractivity (Wildman–Crippen MR) is 142 cm³/mol. The largest absolute Gasteiger partial charge is 0.278 e. The van der Waals surface area contributed by atoms with E-state index in [1.807, 2.05) is 42.5 Å². The molecule has 7 rings (SSSR count). The average Bonchev–Trinajstić information content (AvgIpc) is 3.20. The zero-order valence-corrected chi connectivity index (χ0v) is 18.9. The van der Waals surface area contributed by atoms with Crippen LogP contribution in [0.2, 0.25) is 5.02 Å². The van der Waals surface area contributed by atoms with Crippen molar-refractivity contribution in [2.24, 2.45) is 0 Å². The molecule has 0 saturated carbocycles. The highest BCUT2D eigenvalue weighted by Gasteiger charge is 2.17. The van der Waals surface area contributed by atoms with Crippen LogP contribution in [0.25, 0.3) is 60.7 Å². The number of hydrogen-bond donors (Lipinski definition) is 0. The Bertz CT molecular complexity index is 1870. The van der Waals surface area contributed by atoms with Crippen molar-refractivity contribution in [3.05, 3.63) is 114 Å². The van der Waals surface area contributed by atoms with Crippen molar-refractivity contribution in [2.75, 3.05) is 0 Å². The summed E-state index contributed by atoms with van der Waals surface area (Å²) in [6.45, 7) is 0. The standard InChI is InChI=1S/C30H18ClN3/c31-22-15-14-20-17-25-23-10-5-7-13-27(23)34(28(25)18-21(20)16-22)30-32-26-12-6-4-11-24(26)29(33-30)19-8-2-1-3-9-19/h1-18H. The van der Waals surface area contributed by atoms with E-state index in [1.54, 1.807) is 0 Å². The number of benzene rings is 5. The Morgan fingerprint density at radius 2 is 1.32 bits per heavy atom. The lowest BCUT2D eigenvalue weighted by atomic mass is 10.1. The fraction of sp³-hybridized carbons (Fsp3) is 0. The maximum absolute atomic E-state index is 6.33. The maximum Gasteiger partial charge on any atom is 0.235 e. The molecular formula is C30H18ClN3. The molecule has 0 aliphatic carbocycles. The summed E-state index contributed by atoms with van der Waals surface area (Å²) in [5.74, 6) is 0.658. The minimum Gasteiger partial charge on any atom is -0.278 e. The smallest absolute Gasteiger partial charge is 0.235 e. The molecule has 0 atom stereocenters. The number of aromatic nitrogens is 3. The second kappa shape index (κ2) is 7.41. The summed E-state index contributed by atoms with van der Waals surface area (Å²) in [5.41, 5.74) is 5.05. The first-order valence-corrected chi connectivity index (χ1v) is 11.6. The van der Waals surface area contributed by atoms with Crippen LogP contribution < -0.4 is 0 Å². The van der Waals surface area contributed by atoms with Crippen LogP contribution in [-0.2, 0) is 0 Å². The van der Waals surface area contributed by atoms with E-state index in [9.17, 15) is 0 Å². The first-order valence-electron chi connectivity index (χ1n) is 11.2. The van der Waals surface area contributed by atoms with Crippen molar-refractivity contribution in [2.45, 2.75) is 0 Å². The predicted octanol–water partition coefficient (Wildman–Crippen LogP) is 8.20. The molecule has 7 aromatic rings. The zero-order valence-electron chi connectivity index (χ0n) is 18.1. The molecule has 0 amide bonds. The minimum atomic E-state index is 0.658. The molecule has 34 heavy (non-hydrogen) atoms. The van der Waals surface area contributed by atoms with Crippen molar-refractivity contribution in [3.8, 4) is 17.2 Å². The van der Waals surface area contributed by atoms with Gasteiger partial charge in [0.15, 0.2) is 0 Å². The van der Waals surface area contributed by atoms with Gasteiger partial charge in [-0.3, -0.25) is 4.57 Å². The van der Waals surface area contributed by atoms with Crippen LogP contribution in [0.5, 0.6) is 0 Å². The van der Waals surface area contributed by atoms with E-state index in [4.69, 9.17) is 21.6 Å². The summed E-state index contributed by atoms with van der Waals surface area (Å²) in [6, 6.07) is 37.4. The van der Waals surface area contributed by atoms with Crippen molar-refractivity contribution >= 4 is 55.1 Å². The molecule has 0 saturated heterocycles. The summed E-state index contributed by atoms with van der Waals surface area (Å²) in [7, 11) is 0. The molecule has 2 heterocycles. The fourth-order valence-corrected chi connectivity index (χ4v) is 5.06. The average molecular weight is 456 g/mol. The molecule has 0 aliphatic heterocycles. The van der Waals surface area contributed by atoms with Gasteiger partial charge < -0.3 is 0 Å². The molecule has 0 aliphatic rings. The van der Waals surface area contributed by atoms with Crippen LogP contribution in [0.4, 0.5) is 0 Å². The molecule has 160 valence electrons. The summed E-state index contributed by atoms with van der Waals surface area (Å²) < 4.78 is 2.17. The van der Waals surface area contributed by atoms with E-state index < -0.39 is 0 Å². The molecule has 0 spiro atoms. The third-order valence-corrected chi connectivity index (χ3v) is 6.67. The van der Waals surface area contributed by atoms with Crippen molar-refractivity contribution < 1.29 is 0 Å². The van der Waals surface area contributed by atoms with Crippen molar-refractivity contribution in [1.29, 1.82) is 0 Å². The van der Waals surface area contributed by atoms with E-state index in [-0.39, 0.29) is 0 Å². The summed E-state index contributed by atoms with van der Waals surface area (Å²) >= 11 is 6.33. The van der Waals surface area contributed by atoms with Gasteiger partial charge in [-0.2, -0.15) is 0 Å². The lowest BCUT2D eigenvalue weighted by Gasteiger charge is -2.12. The van der Waals surface area contributed by atoms with Gasteiger partial charge in [0.25, 0.3) is 0 Å². The molecule has 0 radical (unpaired) electrons. The number of nitrogens with zero attached hydrogens (tertiary/aromatic N) is 3. The van der Waals surface area contributed by atoms with Crippen LogP contribution in [0, 0.1) is 0 Å². The Labute approximate surface area is 200 Å². The maximum atomic E-state index is 6.33. The first kappa shape index (κ1) is 19.3. The van der Waals surface area contributed by atoms with Gasteiger partial charge >= 0.3 is 0 Å². The highest BCUT2D eigenvalue weighted by Crippen LogP contribution is 2.36. The Hall–Kier alpha value is -4.21. The second-order valence-corrected chi connectivity index (χ2v) is 8.91. The van der Waals surface area contributed by atoms with E-state index in [0.717, 1.165) is 49.0 Å². The molecule has 2 aromatic heterocycles. The van der Waals surface area contributed by atoms with Crippen LogP contribution in [0.15, 0.2) is 109 Å². The van der Waals surface area contributed by atoms with Gasteiger partial charge in [0.05, 0.1) is 22.2 Å². The van der Waals surface area contributed by atoms with Gasteiger partial charge in [-0.05, 0) is 47.2 Å². The van der Waals surface area contributed by atoms with Crippen LogP contribution in [0.3, 0.4) is 0 Å². The van der Waals surface area contributed by atoms with Gasteiger partial charge in [-0.15, -0.1) is 0 Å². The first-order chi connectivity index (χ1) is 16.8. The second-order valence-electron chi connectivity index (χ2n) is 8.47. The Balaban J connectivity index is 1.63. The zero-order chi connectivity index (χ0) is 22.6. The molecule has 0 N–H and O–H groups in total. The monoisotopic (exact) mass is 455 g/mol. The van der Waals surface area contributed by atoms with Gasteiger partial charge in [0, 0.05) is 26.7 Å². The molecule has 3 nitrogen and oxygen atoms in total. The Morgan fingerprint density at radius 1 is 0.559 bits per heavy atom. The van der Waals surface area contributed by atoms with E-state index in [0.29, 0.717) is 5.95 Å². The van der Waals surface area contributed by atoms with Crippen LogP contribution in [0.1, 0.15) is 0 Å². The highest BCUT2D eigenvalue weighted by molar-refractivity contribution is 6.31. The SMILES string of the molecule is Clc1ccc2cc3c4ccccc4n(-c4nc(-c5ccccc5)c5ccccc5n4)c3cc2c1. The molecule has 4 heteroatoms. The van der Waals surface area contributed by atoms with Gasteiger partial charge in [-0.1, -0.05) is 84.4 Å². The Kier molecular flexibility index (Phi) is 4.20. The van der Waals surface area contributed by atoms with Gasteiger partial charge in [0.2, 0.25) is 5.95 Å². The number of fused-ring (bicyclic) bond motifs is 5. The van der Waals surface area contributed by atoms with Gasteiger partial charge in [0.1, 0.15) is 0 Å². The quantitative estimate of drug-likeness (QED) is 0.263. The topological polar surface area (TPSA) is 30.7 Å². The lowest BCUT2D eigenvalue weighted by Crippen LogP contribution is -2.03. The van der Waals surface area contributed by atoms with Crippen LogP contribution >= 0.6 is 11.6 Å². The van der Waals surface area contributed by atoms with Crippen molar-refractivity contribution in [3.63, 3.8) is 0 Å². The minimum absolute atomic E-state index is 0.658. The molecule has 0 fully saturated rings. The highest BCUT2D eigenvalue weighted by atomic mass is 35.5. The summed E-state index contributed by atoms with van der Waals surface area (Å²) in [5, 5.41) is 6.35. The van der Waals surface area contributed by atoms with E-state index in [1.165, 1.54) is 10.8 Å². The third-order valence-electron chi connectivity index (χ3n) is 6.43. The molecule has 0 unspecified atom stereocenters. The van der Waals surface area contributed by atoms with E-state index >= 15 is 0 Å². The number of halogens is 1. The fourth-order valence-electron chi connectivity index (χ4n) is 4.88. The number of rotatable bonds is 2. The third kappa shape index (κ3) is 2.91. The van der Waals surface area contributed by atoms with Gasteiger partial charge in [-0.25, -0.2) is 9.97 Å². The Morgan fingerprint density at radius 3 is 2.21 bits per heavy atom.